The van der Waals surface area contributed by atoms with E-state index in [4.69, 9.17) is 0 Å². The molecule has 0 amide bonds. The summed E-state index contributed by atoms with van der Waals surface area (Å²) in [6, 6.07) is 3.12. The third kappa shape index (κ3) is 2.75. The molecule has 3 aliphatic rings. The summed E-state index contributed by atoms with van der Waals surface area (Å²) in [5.41, 5.74) is 0. The second kappa shape index (κ2) is 6.06. The molecule has 0 aliphatic heterocycles. The first kappa shape index (κ1) is 14.4. The van der Waals surface area contributed by atoms with Gasteiger partial charge in [0, 0.05) is 12.6 Å². The van der Waals surface area contributed by atoms with Crippen LogP contribution < -0.4 is 0 Å². The third-order valence-corrected chi connectivity index (χ3v) is 6.64. The molecule has 0 N–H and O–H groups in total. The molecule has 3 fully saturated rings. The Morgan fingerprint density at radius 3 is 2.55 bits per heavy atom. The lowest BCUT2D eigenvalue weighted by atomic mass is 9.76. The van der Waals surface area contributed by atoms with Gasteiger partial charge in [-0.2, -0.15) is 5.26 Å². The smallest absolute Gasteiger partial charge is 0.0672 e. The Labute approximate surface area is 124 Å². The minimum Gasteiger partial charge on any atom is -0.302 e. The Balaban J connectivity index is 1.59. The van der Waals surface area contributed by atoms with Crippen LogP contribution in [0.3, 0.4) is 0 Å². The highest BCUT2D eigenvalue weighted by Crippen LogP contribution is 2.48. The van der Waals surface area contributed by atoms with Gasteiger partial charge >= 0.3 is 0 Å². The summed E-state index contributed by atoms with van der Waals surface area (Å²) in [4.78, 5) is 2.57. The van der Waals surface area contributed by atoms with Gasteiger partial charge in [-0.1, -0.05) is 19.8 Å². The molecular formula is C18H30N2. The van der Waals surface area contributed by atoms with E-state index in [1.54, 1.807) is 0 Å². The summed E-state index contributed by atoms with van der Waals surface area (Å²) in [6.45, 7) is 3.56. The maximum Gasteiger partial charge on any atom is 0.0672 e. The molecule has 0 aromatic heterocycles. The lowest BCUT2D eigenvalue weighted by Gasteiger charge is -2.40. The SMILES string of the molecule is CCC1CCC(C#N)C(N(C)CC2CC3CCC2C3)C1. The second-order valence-electron chi connectivity index (χ2n) is 7.76. The lowest BCUT2D eigenvalue weighted by molar-refractivity contribution is 0.0966. The van der Waals surface area contributed by atoms with E-state index in [0.29, 0.717) is 6.04 Å². The van der Waals surface area contributed by atoms with Gasteiger partial charge in [-0.15, -0.1) is 0 Å². The molecule has 0 aromatic rings. The Hall–Kier alpha value is -0.550. The molecule has 112 valence electrons. The summed E-state index contributed by atoms with van der Waals surface area (Å²) >= 11 is 0. The van der Waals surface area contributed by atoms with Crippen molar-refractivity contribution in [2.45, 2.75) is 64.3 Å². The van der Waals surface area contributed by atoms with E-state index in [0.717, 1.165) is 30.1 Å². The van der Waals surface area contributed by atoms with Gasteiger partial charge in [-0.25, -0.2) is 0 Å². The minimum absolute atomic E-state index is 0.279. The largest absolute Gasteiger partial charge is 0.302 e. The van der Waals surface area contributed by atoms with Crippen molar-refractivity contribution in [1.29, 1.82) is 5.26 Å². The van der Waals surface area contributed by atoms with E-state index in [2.05, 4.69) is 24.9 Å². The monoisotopic (exact) mass is 274 g/mol. The molecular weight excluding hydrogens is 244 g/mol. The number of hydrogen-bond acceptors (Lipinski definition) is 2. The molecule has 2 heteroatoms. The highest BCUT2D eigenvalue weighted by molar-refractivity contribution is 4.98. The molecule has 0 spiro atoms. The van der Waals surface area contributed by atoms with Crippen molar-refractivity contribution in [3.05, 3.63) is 0 Å². The van der Waals surface area contributed by atoms with E-state index in [1.165, 1.54) is 51.5 Å². The first-order valence-corrected chi connectivity index (χ1v) is 8.81. The molecule has 3 saturated carbocycles. The van der Waals surface area contributed by atoms with E-state index in [1.807, 2.05) is 0 Å². The van der Waals surface area contributed by atoms with Crippen molar-refractivity contribution in [3.8, 4) is 6.07 Å². The molecule has 0 heterocycles. The second-order valence-corrected chi connectivity index (χ2v) is 7.76. The van der Waals surface area contributed by atoms with Crippen molar-refractivity contribution < 1.29 is 0 Å². The predicted octanol–water partition coefficient (Wildman–Crippen LogP) is 4.07. The fourth-order valence-corrected chi connectivity index (χ4v) is 5.35. The van der Waals surface area contributed by atoms with Crippen LogP contribution in [0.15, 0.2) is 0 Å². The van der Waals surface area contributed by atoms with Crippen LogP contribution in [0.25, 0.3) is 0 Å². The fraction of sp³-hybridized carbons (Fsp3) is 0.944. The number of fused-ring (bicyclic) bond motifs is 2. The number of rotatable bonds is 4. The van der Waals surface area contributed by atoms with Crippen LogP contribution in [-0.2, 0) is 0 Å². The number of nitriles is 1. The van der Waals surface area contributed by atoms with Crippen LogP contribution in [0.2, 0.25) is 0 Å². The quantitative estimate of drug-likeness (QED) is 0.772. The van der Waals surface area contributed by atoms with Gasteiger partial charge in [0.15, 0.2) is 0 Å². The Kier molecular flexibility index (Phi) is 4.36. The molecule has 0 radical (unpaired) electrons. The molecule has 6 unspecified atom stereocenters. The van der Waals surface area contributed by atoms with Gasteiger partial charge < -0.3 is 4.90 Å². The van der Waals surface area contributed by atoms with Crippen molar-refractivity contribution >= 4 is 0 Å². The maximum absolute atomic E-state index is 9.46. The molecule has 3 aliphatic carbocycles. The zero-order valence-electron chi connectivity index (χ0n) is 13.2. The molecule has 0 aromatic carbocycles. The molecule has 2 bridgehead atoms. The van der Waals surface area contributed by atoms with Gasteiger partial charge in [-0.05, 0) is 69.2 Å². The average molecular weight is 274 g/mol. The van der Waals surface area contributed by atoms with E-state index < -0.39 is 0 Å². The topological polar surface area (TPSA) is 27.0 Å². The normalized spacial score (nSPS) is 43.9. The summed E-state index contributed by atoms with van der Waals surface area (Å²) in [6.07, 6.45) is 10.9. The van der Waals surface area contributed by atoms with E-state index in [9.17, 15) is 5.26 Å². The van der Waals surface area contributed by atoms with Crippen molar-refractivity contribution in [2.24, 2.45) is 29.6 Å². The summed E-state index contributed by atoms with van der Waals surface area (Å²) < 4.78 is 0. The van der Waals surface area contributed by atoms with Crippen LogP contribution in [-0.4, -0.2) is 24.5 Å². The maximum atomic E-state index is 9.46. The van der Waals surface area contributed by atoms with Crippen molar-refractivity contribution in [2.75, 3.05) is 13.6 Å². The van der Waals surface area contributed by atoms with Crippen molar-refractivity contribution in [1.82, 2.24) is 4.90 Å². The van der Waals surface area contributed by atoms with Crippen LogP contribution in [0.1, 0.15) is 58.3 Å². The van der Waals surface area contributed by atoms with Gasteiger partial charge in [0.2, 0.25) is 0 Å². The van der Waals surface area contributed by atoms with Crippen LogP contribution in [0.5, 0.6) is 0 Å². The van der Waals surface area contributed by atoms with Crippen molar-refractivity contribution in [3.63, 3.8) is 0 Å². The Morgan fingerprint density at radius 2 is 1.95 bits per heavy atom. The Bertz CT molecular complexity index is 372. The first-order chi connectivity index (χ1) is 9.71. The standard InChI is InChI=1S/C18H30N2/c1-3-13-4-7-16(11-19)18(10-13)20(2)12-17-9-14-5-6-15(17)8-14/h13-18H,3-10,12H2,1-2H3. The zero-order valence-corrected chi connectivity index (χ0v) is 13.2. The van der Waals surface area contributed by atoms with Gasteiger partial charge in [0.25, 0.3) is 0 Å². The zero-order chi connectivity index (χ0) is 14.1. The van der Waals surface area contributed by atoms with E-state index >= 15 is 0 Å². The Morgan fingerprint density at radius 1 is 1.10 bits per heavy atom. The minimum atomic E-state index is 0.279. The number of nitrogens with zero attached hydrogens (tertiary/aromatic N) is 2. The summed E-state index contributed by atoms with van der Waals surface area (Å²) in [7, 11) is 2.29. The molecule has 6 atom stereocenters. The first-order valence-electron chi connectivity index (χ1n) is 8.81. The van der Waals surface area contributed by atoms with Gasteiger partial charge in [0.05, 0.1) is 12.0 Å². The third-order valence-electron chi connectivity index (χ3n) is 6.64. The highest BCUT2D eigenvalue weighted by Gasteiger charge is 2.41. The van der Waals surface area contributed by atoms with Gasteiger partial charge in [0.1, 0.15) is 0 Å². The summed E-state index contributed by atoms with van der Waals surface area (Å²) in [5.74, 6) is 4.11. The molecule has 3 rings (SSSR count). The lowest BCUT2D eigenvalue weighted by Crippen LogP contribution is -2.44. The number of hydrogen-bond donors (Lipinski definition) is 0. The van der Waals surface area contributed by atoms with Crippen LogP contribution in [0.4, 0.5) is 0 Å². The van der Waals surface area contributed by atoms with Crippen LogP contribution in [0, 0.1) is 40.9 Å². The van der Waals surface area contributed by atoms with Gasteiger partial charge in [-0.3, -0.25) is 0 Å². The highest BCUT2D eigenvalue weighted by atomic mass is 15.1. The molecule has 2 nitrogen and oxygen atoms in total. The summed E-state index contributed by atoms with van der Waals surface area (Å²) in [5, 5.41) is 9.46. The van der Waals surface area contributed by atoms with E-state index in [-0.39, 0.29) is 5.92 Å². The predicted molar refractivity (Wildman–Crippen MR) is 82.1 cm³/mol. The van der Waals surface area contributed by atoms with Crippen LogP contribution >= 0.6 is 0 Å². The molecule has 20 heavy (non-hydrogen) atoms. The fourth-order valence-electron chi connectivity index (χ4n) is 5.35. The molecule has 0 saturated heterocycles. The average Bonchev–Trinajstić information content (AvgIpc) is 3.09.